The van der Waals surface area contributed by atoms with Gasteiger partial charge in [0.2, 0.25) is 0 Å². The molecule has 0 atom stereocenters. The van der Waals surface area contributed by atoms with Gasteiger partial charge in [-0.25, -0.2) is 0 Å². The van der Waals surface area contributed by atoms with Crippen LogP contribution in [-0.4, -0.2) is 12.5 Å². The summed E-state index contributed by atoms with van der Waals surface area (Å²) in [5, 5.41) is 3.00. The van der Waals surface area contributed by atoms with E-state index in [2.05, 4.69) is 27.3 Å². The molecule has 0 unspecified atom stereocenters. The summed E-state index contributed by atoms with van der Waals surface area (Å²) in [5.41, 5.74) is 3.30. The quantitative estimate of drug-likeness (QED) is 0.819. The highest BCUT2D eigenvalue weighted by Crippen LogP contribution is 2.21. The molecule has 1 amide bonds. The van der Waals surface area contributed by atoms with Crippen LogP contribution in [0.2, 0.25) is 0 Å². The van der Waals surface area contributed by atoms with Crippen LogP contribution in [0, 0.1) is 6.92 Å². The summed E-state index contributed by atoms with van der Waals surface area (Å²) in [6.45, 7) is 2.72. The zero-order valence-corrected chi connectivity index (χ0v) is 12.9. The highest BCUT2D eigenvalue weighted by molar-refractivity contribution is 9.10. The van der Waals surface area contributed by atoms with Crippen molar-refractivity contribution >= 4 is 21.8 Å². The maximum absolute atomic E-state index is 12.1. The van der Waals surface area contributed by atoms with Crippen molar-refractivity contribution in [3.8, 4) is 0 Å². The average Bonchev–Trinajstić information content (AvgIpc) is 2.43. The van der Waals surface area contributed by atoms with E-state index in [1.807, 2.05) is 25.1 Å². The van der Waals surface area contributed by atoms with Gasteiger partial charge in [0.1, 0.15) is 0 Å². The van der Waals surface area contributed by atoms with E-state index < -0.39 is 0 Å². The van der Waals surface area contributed by atoms with Crippen molar-refractivity contribution in [1.82, 2.24) is 5.32 Å². The molecule has 0 radical (unpaired) electrons. The molecule has 0 aliphatic heterocycles. The zero-order chi connectivity index (χ0) is 13.7. The van der Waals surface area contributed by atoms with Gasteiger partial charge in [-0.3, -0.25) is 4.79 Å². The number of hydrogen-bond donors (Lipinski definition) is 1. The first-order chi connectivity index (χ1) is 9.18. The van der Waals surface area contributed by atoms with E-state index >= 15 is 0 Å². The summed E-state index contributed by atoms with van der Waals surface area (Å²) in [6, 6.07) is 5.76. The Bertz CT molecular complexity index is 494. The van der Waals surface area contributed by atoms with Crippen molar-refractivity contribution in [2.75, 3.05) is 6.54 Å². The largest absolute Gasteiger partial charge is 0.352 e. The minimum atomic E-state index is 0.00647. The fourth-order valence-electron chi connectivity index (χ4n) is 2.39. The van der Waals surface area contributed by atoms with Crippen LogP contribution in [0.1, 0.15) is 48.0 Å². The highest BCUT2D eigenvalue weighted by Gasteiger charge is 2.11. The molecule has 0 aromatic heterocycles. The molecule has 2 rings (SSSR count). The lowest BCUT2D eigenvalue weighted by atomic mass is 9.97. The monoisotopic (exact) mass is 321 g/mol. The molecule has 102 valence electrons. The Morgan fingerprint density at radius 1 is 1.37 bits per heavy atom. The van der Waals surface area contributed by atoms with E-state index in [1.165, 1.54) is 31.3 Å². The minimum absolute atomic E-state index is 0.00647. The number of halogens is 1. The molecule has 1 N–H and O–H groups in total. The Kier molecular flexibility index (Phi) is 5.20. The summed E-state index contributed by atoms with van der Waals surface area (Å²) in [7, 11) is 0. The van der Waals surface area contributed by atoms with Gasteiger partial charge in [-0.2, -0.15) is 0 Å². The lowest BCUT2D eigenvalue weighted by Gasteiger charge is -2.13. The topological polar surface area (TPSA) is 29.1 Å². The molecule has 0 bridgehead atoms. The van der Waals surface area contributed by atoms with Gasteiger partial charge in [0, 0.05) is 11.0 Å². The van der Waals surface area contributed by atoms with E-state index in [1.54, 1.807) is 0 Å². The summed E-state index contributed by atoms with van der Waals surface area (Å²) in [4.78, 5) is 12.1. The Labute approximate surface area is 123 Å². The Morgan fingerprint density at radius 2 is 2.21 bits per heavy atom. The van der Waals surface area contributed by atoms with E-state index in [-0.39, 0.29) is 5.91 Å². The number of nitrogens with one attached hydrogen (secondary N) is 1. The van der Waals surface area contributed by atoms with E-state index in [0.717, 1.165) is 28.6 Å². The smallest absolute Gasteiger partial charge is 0.252 e. The molecular formula is C16H20BrNO. The van der Waals surface area contributed by atoms with Gasteiger partial charge >= 0.3 is 0 Å². The maximum Gasteiger partial charge on any atom is 0.252 e. The molecule has 0 fully saturated rings. The van der Waals surface area contributed by atoms with Gasteiger partial charge < -0.3 is 5.32 Å². The predicted octanol–water partition coefficient (Wildman–Crippen LogP) is 4.38. The number of rotatable bonds is 4. The van der Waals surface area contributed by atoms with Crippen molar-refractivity contribution in [1.29, 1.82) is 0 Å². The van der Waals surface area contributed by atoms with Crippen LogP contribution in [0.3, 0.4) is 0 Å². The maximum atomic E-state index is 12.1. The van der Waals surface area contributed by atoms with E-state index in [4.69, 9.17) is 0 Å². The number of carbonyl (C=O) groups excluding carboxylic acids is 1. The lowest BCUT2D eigenvalue weighted by molar-refractivity contribution is 0.0953. The van der Waals surface area contributed by atoms with Crippen LogP contribution < -0.4 is 5.32 Å². The van der Waals surface area contributed by atoms with Crippen LogP contribution in [0.15, 0.2) is 34.3 Å². The van der Waals surface area contributed by atoms with Crippen LogP contribution in [0.5, 0.6) is 0 Å². The minimum Gasteiger partial charge on any atom is -0.352 e. The third-order valence-corrected chi connectivity index (χ3v) is 4.61. The predicted molar refractivity (Wildman–Crippen MR) is 82.4 cm³/mol. The Hall–Kier alpha value is -1.09. The van der Waals surface area contributed by atoms with Crippen molar-refractivity contribution in [2.45, 2.75) is 39.0 Å². The van der Waals surface area contributed by atoms with Gasteiger partial charge in [-0.05, 0) is 66.6 Å². The molecule has 0 heterocycles. The first-order valence-electron chi connectivity index (χ1n) is 6.89. The fourth-order valence-corrected chi connectivity index (χ4v) is 2.83. The Morgan fingerprint density at radius 3 is 2.95 bits per heavy atom. The molecule has 3 heteroatoms. The second-order valence-corrected chi connectivity index (χ2v) is 5.84. The van der Waals surface area contributed by atoms with Crippen molar-refractivity contribution < 1.29 is 4.79 Å². The molecule has 19 heavy (non-hydrogen) atoms. The van der Waals surface area contributed by atoms with Gasteiger partial charge in [0.15, 0.2) is 0 Å². The second kappa shape index (κ2) is 6.90. The molecule has 1 aliphatic rings. The SMILES string of the molecule is Cc1cccc(C(=O)NCCC2=CCCCC2)c1Br. The molecule has 0 spiro atoms. The number of carbonyl (C=O) groups is 1. The normalized spacial score (nSPS) is 14.9. The third kappa shape index (κ3) is 3.93. The fraction of sp³-hybridized carbons (Fsp3) is 0.438. The number of amides is 1. The first kappa shape index (κ1) is 14.3. The summed E-state index contributed by atoms with van der Waals surface area (Å²) in [5.74, 6) is 0.00647. The van der Waals surface area contributed by atoms with Gasteiger partial charge in [-0.1, -0.05) is 23.8 Å². The van der Waals surface area contributed by atoms with Gasteiger partial charge in [-0.15, -0.1) is 0 Å². The number of aryl methyl sites for hydroxylation is 1. The summed E-state index contributed by atoms with van der Waals surface area (Å²) < 4.78 is 0.893. The molecule has 0 saturated heterocycles. The second-order valence-electron chi connectivity index (χ2n) is 5.05. The molecule has 0 saturated carbocycles. The summed E-state index contributed by atoms with van der Waals surface area (Å²) in [6.07, 6.45) is 8.32. The molecule has 2 nitrogen and oxygen atoms in total. The number of hydrogen-bond acceptors (Lipinski definition) is 1. The van der Waals surface area contributed by atoms with Crippen molar-refractivity contribution in [3.63, 3.8) is 0 Å². The molecule has 1 aromatic carbocycles. The van der Waals surface area contributed by atoms with E-state index in [9.17, 15) is 4.79 Å². The van der Waals surface area contributed by atoms with Gasteiger partial charge in [0.25, 0.3) is 5.91 Å². The van der Waals surface area contributed by atoms with Gasteiger partial charge in [0.05, 0.1) is 5.56 Å². The zero-order valence-electron chi connectivity index (χ0n) is 11.3. The number of benzene rings is 1. The van der Waals surface area contributed by atoms with Crippen LogP contribution in [0.25, 0.3) is 0 Å². The molecular weight excluding hydrogens is 302 g/mol. The van der Waals surface area contributed by atoms with Crippen LogP contribution in [-0.2, 0) is 0 Å². The third-order valence-electron chi connectivity index (χ3n) is 3.55. The molecule has 1 aliphatic carbocycles. The first-order valence-corrected chi connectivity index (χ1v) is 7.69. The van der Waals surface area contributed by atoms with Crippen LogP contribution in [0.4, 0.5) is 0 Å². The molecule has 1 aromatic rings. The summed E-state index contributed by atoms with van der Waals surface area (Å²) >= 11 is 3.48. The number of allylic oxidation sites excluding steroid dienone is 1. The lowest BCUT2D eigenvalue weighted by Crippen LogP contribution is -2.25. The van der Waals surface area contributed by atoms with Crippen molar-refractivity contribution in [3.05, 3.63) is 45.4 Å². The Balaban J connectivity index is 1.87. The average molecular weight is 322 g/mol. The van der Waals surface area contributed by atoms with Crippen LogP contribution >= 0.6 is 15.9 Å². The van der Waals surface area contributed by atoms with E-state index in [0.29, 0.717) is 0 Å². The standard InChI is InChI=1S/C16H20BrNO/c1-12-6-5-9-14(15(12)17)16(19)18-11-10-13-7-3-2-4-8-13/h5-7,9H,2-4,8,10-11H2,1H3,(H,18,19). The van der Waals surface area contributed by atoms with Crippen molar-refractivity contribution in [2.24, 2.45) is 0 Å². The highest BCUT2D eigenvalue weighted by atomic mass is 79.9.